The van der Waals surface area contributed by atoms with Crippen molar-refractivity contribution in [1.29, 1.82) is 0 Å². The maximum absolute atomic E-state index is 14.8. The Hall–Kier alpha value is -3.79. The van der Waals surface area contributed by atoms with Crippen LogP contribution in [0.5, 0.6) is 5.75 Å². The van der Waals surface area contributed by atoms with Gasteiger partial charge in [0.25, 0.3) is 10.0 Å². The van der Waals surface area contributed by atoms with E-state index in [1.165, 1.54) is 4.72 Å². The SMILES string of the molecule is CC(=O)NS(=O)(=O)c1cc(OCC(F)(F)F)c(NCC#Cc2sc3c(NC4CCN(CC(C)O)CC4)cccc3c2CC(F)(F)F)cc1F. The number of aliphatic hydroxyl groups excluding tert-OH is 1. The molecule has 1 atom stereocenters. The monoisotopic (exact) mass is 738 g/mol. The number of carbonyl (C=O) groups is 1. The number of rotatable bonds is 11. The highest BCUT2D eigenvalue weighted by molar-refractivity contribution is 7.90. The summed E-state index contributed by atoms with van der Waals surface area (Å²) in [5.74, 6) is 2.08. The second-order valence-electron chi connectivity index (χ2n) is 11.5. The number of aliphatic hydroxyl groups is 1. The van der Waals surface area contributed by atoms with Crippen LogP contribution in [0.15, 0.2) is 35.2 Å². The maximum atomic E-state index is 14.8. The fourth-order valence-corrected chi connectivity index (χ4v) is 7.52. The van der Waals surface area contributed by atoms with Crippen LogP contribution in [0.25, 0.3) is 10.1 Å². The lowest BCUT2D eigenvalue weighted by Gasteiger charge is -2.33. The highest BCUT2D eigenvalue weighted by Gasteiger charge is 2.32. The third-order valence-electron chi connectivity index (χ3n) is 7.23. The van der Waals surface area contributed by atoms with Crippen molar-refractivity contribution in [2.45, 2.75) is 62.5 Å². The summed E-state index contributed by atoms with van der Waals surface area (Å²) in [6.45, 7) is 2.31. The van der Waals surface area contributed by atoms with Crippen LogP contribution in [-0.4, -0.2) is 81.6 Å². The number of β-amino-alcohol motifs (C(OH)–C–C–N with tert-alkyl or cyclic N) is 1. The minimum atomic E-state index is -4.85. The normalized spacial score (nSPS) is 15.4. The van der Waals surface area contributed by atoms with Crippen LogP contribution in [0.4, 0.5) is 42.1 Å². The van der Waals surface area contributed by atoms with Crippen molar-refractivity contribution in [2.24, 2.45) is 0 Å². The lowest BCUT2D eigenvalue weighted by molar-refractivity contribution is -0.153. The molecule has 1 aliphatic heterocycles. The minimum Gasteiger partial charge on any atom is -0.482 e. The highest BCUT2D eigenvalue weighted by Crippen LogP contribution is 2.39. The number of fused-ring (bicyclic) bond motifs is 1. The van der Waals surface area contributed by atoms with Gasteiger partial charge in [-0.2, -0.15) is 26.3 Å². The Bertz CT molecular complexity index is 1830. The number of benzene rings is 2. The summed E-state index contributed by atoms with van der Waals surface area (Å²) in [7, 11) is -4.80. The summed E-state index contributed by atoms with van der Waals surface area (Å²) < 4.78 is 126. The summed E-state index contributed by atoms with van der Waals surface area (Å²) in [5, 5.41) is 16.0. The fourth-order valence-electron chi connectivity index (χ4n) is 5.28. The van der Waals surface area contributed by atoms with E-state index in [0.717, 1.165) is 44.2 Å². The number of nitrogens with zero attached hydrogens (tertiary/aromatic N) is 1. The third kappa shape index (κ3) is 10.8. The molecular weight excluding hydrogens is 705 g/mol. The first-order valence-corrected chi connectivity index (χ1v) is 17.2. The first-order chi connectivity index (χ1) is 22.8. The van der Waals surface area contributed by atoms with E-state index in [0.29, 0.717) is 34.5 Å². The predicted octanol–water partition coefficient (Wildman–Crippen LogP) is 5.63. The molecule has 49 heavy (non-hydrogen) atoms. The number of carbonyl (C=O) groups excluding carboxylic acids is 1. The molecule has 4 rings (SSSR count). The zero-order valence-corrected chi connectivity index (χ0v) is 27.8. The Balaban J connectivity index is 1.60. The summed E-state index contributed by atoms with van der Waals surface area (Å²) in [6, 6.07) is 6.05. The number of likely N-dealkylation sites (tertiary alicyclic amines) is 1. The lowest BCUT2D eigenvalue weighted by atomic mass is 10.0. The van der Waals surface area contributed by atoms with Crippen LogP contribution in [0, 0.1) is 17.7 Å². The molecule has 9 nitrogen and oxygen atoms in total. The van der Waals surface area contributed by atoms with Gasteiger partial charge in [0, 0.05) is 44.7 Å². The molecule has 1 amide bonds. The van der Waals surface area contributed by atoms with Crippen LogP contribution in [0.2, 0.25) is 0 Å². The molecule has 1 aromatic heterocycles. The van der Waals surface area contributed by atoms with Gasteiger partial charge in [0.1, 0.15) is 16.5 Å². The van der Waals surface area contributed by atoms with Gasteiger partial charge in [-0.3, -0.25) is 4.79 Å². The second-order valence-corrected chi connectivity index (χ2v) is 14.1. The molecule has 1 aliphatic rings. The highest BCUT2D eigenvalue weighted by atomic mass is 32.2. The van der Waals surface area contributed by atoms with Crippen molar-refractivity contribution >= 4 is 48.7 Å². The number of halogens is 7. The first-order valence-electron chi connectivity index (χ1n) is 14.9. The Kier molecular flexibility index (Phi) is 11.9. The third-order valence-corrected chi connectivity index (χ3v) is 9.87. The van der Waals surface area contributed by atoms with Crippen LogP contribution in [-0.2, 0) is 21.2 Å². The molecule has 0 bridgehead atoms. The van der Waals surface area contributed by atoms with E-state index in [4.69, 9.17) is 4.74 Å². The van der Waals surface area contributed by atoms with Gasteiger partial charge in [0.15, 0.2) is 6.61 Å². The van der Waals surface area contributed by atoms with Gasteiger partial charge in [-0.15, -0.1) is 11.3 Å². The van der Waals surface area contributed by atoms with E-state index in [1.54, 1.807) is 25.1 Å². The molecule has 1 unspecified atom stereocenters. The molecule has 0 saturated carbocycles. The van der Waals surface area contributed by atoms with Gasteiger partial charge < -0.3 is 25.4 Å². The molecule has 268 valence electrons. The van der Waals surface area contributed by atoms with Crippen molar-refractivity contribution in [1.82, 2.24) is 9.62 Å². The predicted molar refractivity (Wildman–Crippen MR) is 171 cm³/mol. The standard InChI is InChI=1S/C31H33F7N4O5S2/c1-18(43)16-42-11-8-20(9-12-42)40-24-6-3-5-21-22(15-30(33,34)35)27(48-29(21)24)7-4-10-39-25-13-23(32)28(49(45,46)41-19(2)44)14-26(25)47-17-31(36,37)38/h3,5-6,13-14,18,20,39-40,43H,8-12,15-17H2,1-2H3,(H,41,44). The van der Waals surface area contributed by atoms with E-state index >= 15 is 0 Å². The second kappa shape index (κ2) is 15.4. The van der Waals surface area contributed by atoms with Gasteiger partial charge >= 0.3 is 12.4 Å². The Morgan fingerprint density at radius 2 is 1.82 bits per heavy atom. The number of thiophene rings is 1. The molecule has 2 heterocycles. The Labute approximate surface area is 281 Å². The summed E-state index contributed by atoms with van der Waals surface area (Å²) >= 11 is 1.04. The summed E-state index contributed by atoms with van der Waals surface area (Å²) in [5.41, 5.74) is 0.168. The minimum absolute atomic E-state index is 0.0523. The largest absolute Gasteiger partial charge is 0.482 e. The van der Waals surface area contributed by atoms with Crippen LogP contribution >= 0.6 is 11.3 Å². The molecule has 0 spiro atoms. The van der Waals surface area contributed by atoms with Crippen molar-refractivity contribution in [3.05, 3.63) is 46.6 Å². The van der Waals surface area contributed by atoms with E-state index in [9.17, 15) is 49.1 Å². The van der Waals surface area contributed by atoms with Crippen molar-refractivity contribution in [3.8, 4) is 17.6 Å². The first kappa shape index (κ1) is 38.0. The molecule has 1 saturated heterocycles. The van der Waals surface area contributed by atoms with Gasteiger partial charge in [0.2, 0.25) is 5.91 Å². The number of alkyl halides is 6. The number of hydrogen-bond acceptors (Lipinski definition) is 9. The molecule has 4 N–H and O–H groups in total. The fraction of sp³-hybridized carbons (Fsp3) is 0.452. The smallest absolute Gasteiger partial charge is 0.422 e. The Morgan fingerprint density at radius 3 is 2.43 bits per heavy atom. The molecule has 18 heteroatoms. The molecule has 0 radical (unpaired) electrons. The number of anilines is 2. The van der Waals surface area contributed by atoms with E-state index < -0.39 is 76.1 Å². The average molecular weight is 739 g/mol. The van der Waals surface area contributed by atoms with Crippen molar-refractivity contribution in [3.63, 3.8) is 0 Å². The van der Waals surface area contributed by atoms with Crippen LogP contribution in [0.1, 0.15) is 37.1 Å². The quantitative estimate of drug-likeness (QED) is 0.148. The molecule has 0 aliphatic carbocycles. The summed E-state index contributed by atoms with van der Waals surface area (Å²) in [6.07, 6.45) is -9.62. The average Bonchev–Trinajstić information content (AvgIpc) is 3.30. The molecule has 1 fully saturated rings. The van der Waals surface area contributed by atoms with E-state index in [2.05, 4.69) is 27.4 Å². The molecular formula is C31H33F7N4O5S2. The summed E-state index contributed by atoms with van der Waals surface area (Å²) in [4.78, 5) is 12.4. The molecule has 2 aromatic carbocycles. The van der Waals surface area contributed by atoms with Crippen LogP contribution < -0.4 is 20.1 Å². The zero-order chi connectivity index (χ0) is 36.1. The van der Waals surface area contributed by atoms with Gasteiger partial charge in [-0.25, -0.2) is 17.5 Å². The van der Waals surface area contributed by atoms with Gasteiger partial charge in [0.05, 0.1) is 40.0 Å². The van der Waals surface area contributed by atoms with E-state index in [-0.39, 0.29) is 16.5 Å². The van der Waals surface area contributed by atoms with E-state index in [1.807, 2.05) is 0 Å². The van der Waals surface area contributed by atoms with Crippen molar-refractivity contribution < 1.29 is 53.8 Å². The number of amides is 1. The lowest BCUT2D eigenvalue weighted by Crippen LogP contribution is -2.41. The van der Waals surface area contributed by atoms with Crippen molar-refractivity contribution in [2.75, 3.05) is 43.4 Å². The number of sulfonamides is 1. The number of piperidine rings is 1. The topological polar surface area (TPSA) is 120 Å². The number of ether oxygens (including phenoxy) is 1. The maximum Gasteiger partial charge on any atom is 0.422 e. The number of nitrogens with one attached hydrogen (secondary N) is 3. The number of hydrogen-bond donors (Lipinski definition) is 4. The molecule has 3 aromatic rings. The zero-order valence-electron chi connectivity index (χ0n) is 26.2. The Morgan fingerprint density at radius 1 is 1.12 bits per heavy atom. The van der Waals surface area contributed by atoms with Gasteiger partial charge in [-0.1, -0.05) is 24.0 Å². The van der Waals surface area contributed by atoms with Crippen LogP contribution in [0.3, 0.4) is 0 Å². The van der Waals surface area contributed by atoms with Gasteiger partial charge in [-0.05, 0) is 36.8 Å².